The molecular formula is C13H19NO4. The SMILES string of the molecule is COc1ccc(C(O)C(O)CNC(C)=O)c(C)c1. The van der Waals surface area contributed by atoms with Crippen molar-refractivity contribution in [2.75, 3.05) is 13.7 Å². The minimum atomic E-state index is -1.04. The number of rotatable bonds is 5. The number of hydrogen-bond acceptors (Lipinski definition) is 4. The lowest BCUT2D eigenvalue weighted by Gasteiger charge is -2.20. The summed E-state index contributed by atoms with van der Waals surface area (Å²) in [5.41, 5.74) is 1.44. The number of ether oxygens (including phenoxy) is 1. The van der Waals surface area contributed by atoms with Gasteiger partial charge in [-0.2, -0.15) is 0 Å². The van der Waals surface area contributed by atoms with Crippen molar-refractivity contribution in [2.45, 2.75) is 26.1 Å². The van der Waals surface area contributed by atoms with E-state index in [1.165, 1.54) is 6.92 Å². The van der Waals surface area contributed by atoms with Crippen molar-refractivity contribution >= 4 is 5.91 Å². The van der Waals surface area contributed by atoms with Crippen LogP contribution < -0.4 is 10.1 Å². The maximum atomic E-state index is 10.7. The van der Waals surface area contributed by atoms with Gasteiger partial charge in [0.1, 0.15) is 18.0 Å². The molecule has 0 aromatic heterocycles. The summed E-state index contributed by atoms with van der Waals surface area (Å²) in [5, 5.41) is 22.2. The number of carbonyl (C=O) groups is 1. The Labute approximate surface area is 106 Å². The van der Waals surface area contributed by atoms with Crippen molar-refractivity contribution in [3.63, 3.8) is 0 Å². The highest BCUT2D eigenvalue weighted by Crippen LogP contribution is 2.24. The van der Waals surface area contributed by atoms with Crippen LogP contribution in [0.4, 0.5) is 0 Å². The summed E-state index contributed by atoms with van der Waals surface area (Å²) in [5.74, 6) is 0.451. The lowest BCUT2D eigenvalue weighted by atomic mass is 9.99. The van der Waals surface area contributed by atoms with Gasteiger partial charge in [0.15, 0.2) is 0 Å². The van der Waals surface area contributed by atoms with E-state index in [1.807, 2.05) is 6.92 Å². The molecule has 0 heterocycles. The Morgan fingerprint density at radius 1 is 1.44 bits per heavy atom. The predicted octanol–water partition coefficient (Wildman–Crippen LogP) is 0.534. The van der Waals surface area contributed by atoms with Gasteiger partial charge in [0.25, 0.3) is 0 Å². The summed E-state index contributed by atoms with van der Waals surface area (Å²) in [4.78, 5) is 10.7. The number of hydrogen-bond donors (Lipinski definition) is 3. The van der Waals surface area contributed by atoms with Crippen LogP contribution in [0.3, 0.4) is 0 Å². The number of aryl methyl sites for hydroxylation is 1. The zero-order valence-corrected chi connectivity index (χ0v) is 10.8. The molecule has 18 heavy (non-hydrogen) atoms. The molecule has 1 aromatic carbocycles. The predicted molar refractivity (Wildman–Crippen MR) is 67.4 cm³/mol. The maximum absolute atomic E-state index is 10.7. The van der Waals surface area contributed by atoms with E-state index in [2.05, 4.69) is 5.32 Å². The van der Waals surface area contributed by atoms with Crippen LogP contribution in [0.15, 0.2) is 18.2 Å². The van der Waals surface area contributed by atoms with Gasteiger partial charge in [0.05, 0.1) is 7.11 Å². The number of aliphatic hydroxyl groups is 2. The zero-order chi connectivity index (χ0) is 13.7. The van der Waals surface area contributed by atoms with Gasteiger partial charge in [-0.1, -0.05) is 6.07 Å². The third-order valence-corrected chi connectivity index (χ3v) is 2.72. The minimum Gasteiger partial charge on any atom is -0.497 e. The van der Waals surface area contributed by atoms with Crippen LogP contribution in [0.1, 0.15) is 24.2 Å². The van der Waals surface area contributed by atoms with Gasteiger partial charge < -0.3 is 20.3 Å². The van der Waals surface area contributed by atoms with Crippen molar-refractivity contribution in [3.8, 4) is 5.75 Å². The van der Waals surface area contributed by atoms with E-state index in [0.717, 1.165) is 5.56 Å². The fourth-order valence-electron chi connectivity index (χ4n) is 1.67. The van der Waals surface area contributed by atoms with Crippen molar-refractivity contribution in [3.05, 3.63) is 29.3 Å². The van der Waals surface area contributed by atoms with Gasteiger partial charge in [0.2, 0.25) is 5.91 Å². The number of nitrogens with one attached hydrogen (secondary N) is 1. The number of benzene rings is 1. The Bertz CT molecular complexity index is 419. The van der Waals surface area contributed by atoms with E-state index in [9.17, 15) is 15.0 Å². The molecule has 5 nitrogen and oxygen atoms in total. The number of amides is 1. The van der Waals surface area contributed by atoms with Crippen LogP contribution >= 0.6 is 0 Å². The van der Waals surface area contributed by atoms with E-state index in [1.54, 1.807) is 25.3 Å². The molecule has 1 amide bonds. The number of aliphatic hydroxyl groups excluding tert-OH is 2. The molecule has 0 spiro atoms. The molecule has 3 N–H and O–H groups in total. The third kappa shape index (κ3) is 3.72. The molecule has 0 fully saturated rings. The second-order valence-electron chi connectivity index (χ2n) is 4.17. The highest BCUT2D eigenvalue weighted by atomic mass is 16.5. The Kier molecular flexibility index (Phi) is 5.12. The van der Waals surface area contributed by atoms with Gasteiger partial charge in [0, 0.05) is 13.5 Å². The summed E-state index contributed by atoms with van der Waals surface area (Å²) in [6.07, 6.45) is -2.08. The van der Waals surface area contributed by atoms with Gasteiger partial charge in [-0.3, -0.25) is 4.79 Å². The van der Waals surface area contributed by atoms with Crippen LogP contribution in [-0.4, -0.2) is 35.9 Å². The molecule has 0 bridgehead atoms. The van der Waals surface area contributed by atoms with Crippen LogP contribution in [0, 0.1) is 6.92 Å². The largest absolute Gasteiger partial charge is 0.497 e. The molecule has 2 atom stereocenters. The summed E-state index contributed by atoms with van der Waals surface area (Å²) in [7, 11) is 1.57. The van der Waals surface area contributed by atoms with Crippen molar-refractivity contribution < 1.29 is 19.7 Å². The van der Waals surface area contributed by atoms with E-state index in [4.69, 9.17) is 4.74 Å². The number of methoxy groups -OCH3 is 1. The topological polar surface area (TPSA) is 78.8 Å². The lowest BCUT2D eigenvalue weighted by Crippen LogP contribution is -2.34. The average Bonchev–Trinajstić information content (AvgIpc) is 2.34. The highest BCUT2D eigenvalue weighted by molar-refractivity contribution is 5.72. The standard InChI is InChI=1S/C13H19NO4/c1-8-6-10(18-3)4-5-11(8)13(17)12(16)7-14-9(2)15/h4-6,12-13,16-17H,7H2,1-3H3,(H,14,15). The van der Waals surface area contributed by atoms with Gasteiger partial charge in [-0.15, -0.1) is 0 Å². The van der Waals surface area contributed by atoms with Crippen LogP contribution in [0.25, 0.3) is 0 Å². The van der Waals surface area contributed by atoms with Crippen LogP contribution in [0.2, 0.25) is 0 Å². The molecule has 100 valence electrons. The molecule has 0 saturated heterocycles. The van der Waals surface area contributed by atoms with Crippen LogP contribution in [0.5, 0.6) is 5.75 Å². The second kappa shape index (κ2) is 6.37. The lowest BCUT2D eigenvalue weighted by molar-refractivity contribution is -0.119. The Balaban J connectivity index is 2.76. The molecule has 0 saturated carbocycles. The normalized spacial score (nSPS) is 13.8. The van der Waals surface area contributed by atoms with Crippen molar-refractivity contribution in [1.29, 1.82) is 0 Å². The minimum absolute atomic E-state index is 0.0158. The summed E-state index contributed by atoms with van der Waals surface area (Å²) >= 11 is 0. The van der Waals surface area contributed by atoms with Crippen molar-refractivity contribution in [2.24, 2.45) is 0 Å². The maximum Gasteiger partial charge on any atom is 0.216 e. The quantitative estimate of drug-likeness (QED) is 0.715. The highest BCUT2D eigenvalue weighted by Gasteiger charge is 2.20. The average molecular weight is 253 g/mol. The molecule has 0 radical (unpaired) electrons. The summed E-state index contributed by atoms with van der Waals surface area (Å²) in [6.45, 7) is 3.20. The number of carbonyl (C=O) groups excluding carboxylic acids is 1. The first-order valence-electron chi connectivity index (χ1n) is 5.70. The second-order valence-corrected chi connectivity index (χ2v) is 4.17. The zero-order valence-electron chi connectivity index (χ0n) is 10.8. The first-order valence-corrected chi connectivity index (χ1v) is 5.70. The Hall–Kier alpha value is -1.59. The Morgan fingerprint density at radius 2 is 2.11 bits per heavy atom. The fraction of sp³-hybridized carbons (Fsp3) is 0.462. The Morgan fingerprint density at radius 3 is 2.61 bits per heavy atom. The molecule has 1 aromatic rings. The van der Waals surface area contributed by atoms with Crippen LogP contribution in [-0.2, 0) is 4.79 Å². The van der Waals surface area contributed by atoms with E-state index < -0.39 is 12.2 Å². The van der Waals surface area contributed by atoms with Gasteiger partial charge in [-0.05, 0) is 30.2 Å². The molecule has 1 rings (SSSR count). The monoisotopic (exact) mass is 253 g/mol. The van der Waals surface area contributed by atoms with Gasteiger partial charge >= 0.3 is 0 Å². The first-order chi connectivity index (χ1) is 8.45. The van der Waals surface area contributed by atoms with E-state index >= 15 is 0 Å². The first kappa shape index (κ1) is 14.5. The third-order valence-electron chi connectivity index (χ3n) is 2.72. The molecular weight excluding hydrogens is 234 g/mol. The van der Waals surface area contributed by atoms with Gasteiger partial charge in [-0.25, -0.2) is 0 Å². The summed E-state index contributed by atoms with van der Waals surface area (Å²) in [6, 6.07) is 5.20. The van der Waals surface area contributed by atoms with E-state index in [-0.39, 0.29) is 12.5 Å². The smallest absolute Gasteiger partial charge is 0.216 e. The molecule has 2 unspecified atom stereocenters. The van der Waals surface area contributed by atoms with Crippen molar-refractivity contribution in [1.82, 2.24) is 5.32 Å². The molecule has 5 heteroatoms. The molecule has 0 aliphatic heterocycles. The van der Waals surface area contributed by atoms with E-state index in [0.29, 0.717) is 11.3 Å². The molecule has 0 aliphatic carbocycles. The summed E-state index contributed by atoms with van der Waals surface area (Å²) < 4.78 is 5.07. The molecule has 0 aliphatic rings. The fourth-order valence-corrected chi connectivity index (χ4v) is 1.67.